The lowest BCUT2D eigenvalue weighted by atomic mass is 9.98. The van der Waals surface area contributed by atoms with E-state index in [1.54, 1.807) is 57.2 Å². The van der Waals surface area contributed by atoms with E-state index in [4.69, 9.17) is 4.74 Å². The van der Waals surface area contributed by atoms with Crippen LogP contribution in [0.4, 0.5) is 4.79 Å². The lowest BCUT2D eigenvalue weighted by molar-refractivity contribution is -0.165. The first-order chi connectivity index (χ1) is 18.2. The molecule has 0 aliphatic carbocycles. The number of phenolic OH excluding ortho intramolecular Hbond substituents is 1. The molecule has 2 aromatic rings. The van der Waals surface area contributed by atoms with E-state index in [9.17, 15) is 28.9 Å². The van der Waals surface area contributed by atoms with E-state index in [1.165, 1.54) is 30.9 Å². The quantitative estimate of drug-likeness (QED) is 0.203. The summed E-state index contributed by atoms with van der Waals surface area (Å²) >= 11 is 1.43. The monoisotopic (exact) mass is 578 g/mol. The van der Waals surface area contributed by atoms with E-state index in [0.717, 1.165) is 16.2 Å². The van der Waals surface area contributed by atoms with Crippen LogP contribution >= 0.6 is 11.8 Å². The van der Waals surface area contributed by atoms with Crippen LogP contribution in [0.15, 0.2) is 58.3 Å². The Morgan fingerprint density at radius 3 is 2.23 bits per heavy atom. The largest absolute Gasteiger partial charge is 0.508 e. The van der Waals surface area contributed by atoms with Crippen molar-refractivity contribution in [1.29, 1.82) is 0 Å². The van der Waals surface area contributed by atoms with Crippen molar-refractivity contribution in [1.82, 2.24) is 9.96 Å². The van der Waals surface area contributed by atoms with E-state index in [2.05, 4.69) is 0 Å². The van der Waals surface area contributed by atoms with E-state index in [1.807, 2.05) is 13.8 Å². The molecule has 0 saturated carbocycles. The van der Waals surface area contributed by atoms with Crippen LogP contribution in [0.25, 0.3) is 0 Å². The SMILES string of the molecule is CC(C)CC[C@H](CSc1ccc(O)cc1)C(=O)N(O)CS(=O)c1ccccc1C(=O)N(C)C(=O)OC(C)(C)C. The molecule has 11 heteroatoms. The third-order valence-corrected chi connectivity index (χ3v) is 8.06. The predicted octanol–water partition coefficient (Wildman–Crippen LogP) is 5.53. The fourth-order valence-corrected chi connectivity index (χ4v) is 5.59. The molecule has 0 aliphatic heterocycles. The minimum absolute atomic E-state index is 0.00397. The molecule has 0 radical (unpaired) electrons. The first-order valence-corrected chi connectivity index (χ1v) is 14.9. The second kappa shape index (κ2) is 14.5. The highest BCUT2D eigenvalue weighted by atomic mass is 32.2. The summed E-state index contributed by atoms with van der Waals surface area (Å²) in [4.78, 5) is 40.4. The summed E-state index contributed by atoms with van der Waals surface area (Å²) in [5, 5.41) is 20.6. The third-order valence-electron chi connectivity index (χ3n) is 5.56. The van der Waals surface area contributed by atoms with Crippen molar-refractivity contribution in [3.63, 3.8) is 0 Å². The van der Waals surface area contributed by atoms with Gasteiger partial charge in [-0.15, -0.1) is 11.8 Å². The first-order valence-electron chi connectivity index (χ1n) is 12.6. The van der Waals surface area contributed by atoms with Gasteiger partial charge in [-0.1, -0.05) is 32.4 Å². The molecule has 214 valence electrons. The van der Waals surface area contributed by atoms with Gasteiger partial charge in [0.25, 0.3) is 11.8 Å². The molecular weight excluding hydrogens is 540 g/mol. The van der Waals surface area contributed by atoms with Crippen LogP contribution in [0.3, 0.4) is 0 Å². The number of hydroxylamine groups is 2. The van der Waals surface area contributed by atoms with Crippen LogP contribution in [0.2, 0.25) is 0 Å². The number of imide groups is 1. The zero-order valence-electron chi connectivity index (χ0n) is 23.2. The summed E-state index contributed by atoms with van der Waals surface area (Å²) in [6.45, 7) is 9.12. The van der Waals surface area contributed by atoms with Gasteiger partial charge in [-0.3, -0.25) is 19.0 Å². The number of amides is 3. The lowest BCUT2D eigenvalue weighted by Gasteiger charge is -2.24. The van der Waals surface area contributed by atoms with Crippen LogP contribution in [0.5, 0.6) is 5.75 Å². The summed E-state index contributed by atoms with van der Waals surface area (Å²) in [6, 6.07) is 12.7. The van der Waals surface area contributed by atoms with Gasteiger partial charge in [0.2, 0.25) is 0 Å². The van der Waals surface area contributed by atoms with Crippen LogP contribution in [-0.2, 0) is 20.3 Å². The maximum absolute atomic E-state index is 13.2. The number of hydrogen-bond acceptors (Lipinski definition) is 8. The number of nitrogens with zero attached hydrogens (tertiary/aromatic N) is 2. The first kappa shape index (κ1) is 32.3. The van der Waals surface area contributed by atoms with Gasteiger partial charge >= 0.3 is 6.09 Å². The molecule has 2 atom stereocenters. The Morgan fingerprint density at radius 2 is 1.64 bits per heavy atom. The second-order valence-electron chi connectivity index (χ2n) is 10.5. The highest BCUT2D eigenvalue weighted by Gasteiger charge is 2.29. The maximum atomic E-state index is 13.2. The van der Waals surface area contributed by atoms with Crippen molar-refractivity contribution < 1.29 is 33.6 Å². The van der Waals surface area contributed by atoms with E-state index in [-0.39, 0.29) is 16.2 Å². The average molecular weight is 579 g/mol. The molecule has 0 aromatic heterocycles. The number of carbonyl (C=O) groups is 3. The molecule has 0 aliphatic rings. The Bertz CT molecular complexity index is 1160. The highest BCUT2D eigenvalue weighted by molar-refractivity contribution is 7.99. The zero-order chi connectivity index (χ0) is 29.3. The molecule has 0 fully saturated rings. The smallest absolute Gasteiger partial charge is 0.417 e. The normalized spacial score (nSPS) is 13.0. The Hall–Kier alpha value is -2.89. The van der Waals surface area contributed by atoms with Gasteiger partial charge in [0, 0.05) is 23.6 Å². The molecule has 0 heterocycles. The number of phenols is 1. The Morgan fingerprint density at radius 1 is 1.03 bits per heavy atom. The number of rotatable bonds is 11. The standard InChI is InChI=1S/C28H38N2O7S2/c1-19(2)11-12-20(17-38-22-15-13-21(31)14-16-22)25(32)30(35)18-39(36)24-10-8-7-9-23(24)26(33)29(6)27(34)37-28(3,4)5/h7-10,13-16,19-20,31,35H,11-12,17-18H2,1-6H3/t20-,39?/m1/s1. The molecule has 39 heavy (non-hydrogen) atoms. The van der Waals surface area contributed by atoms with Crippen molar-refractivity contribution in [3.05, 3.63) is 54.1 Å². The Labute approximate surface area is 236 Å². The van der Waals surface area contributed by atoms with Gasteiger partial charge < -0.3 is 9.84 Å². The van der Waals surface area contributed by atoms with Crippen LogP contribution in [-0.4, -0.2) is 66.7 Å². The minimum Gasteiger partial charge on any atom is -0.508 e. The molecule has 0 spiro atoms. The summed E-state index contributed by atoms with van der Waals surface area (Å²) < 4.78 is 18.5. The van der Waals surface area contributed by atoms with Gasteiger partial charge in [-0.25, -0.2) is 14.8 Å². The van der Waals surface area contributed by atoms with E-state index >= 15 is 0 Å². The molecule has 3 amide bonds. The summed E-state index contributed by atoms with van der Waals surface area (Å²) in [6.07, 6.45) is 0.435. The van der Waals surface area contributed by atoms with Gasteiger partial charge in [0.15, 0.2) is 0 Å². The fourth-order valence-electron chi connectivity index (χ4n) is 3.44. The van der Waals surface area contributed by atoms with Gasteiger partial charge in [-0.2, -0.15) is 0 Å². The van der Waals surface area contributed by atoms with Crippen LogP contribution in [0, 0.1) is 11.8 Å². The third kappa shape index (κ3) is 10.3. The zero-order valence-corrected chi connectivity index (χ0v) is 24.9. The maximum Gasteiger partial charge on any atom is 0.417 e. The average Bonchev–Trinajstić information content (AvgIpc) is 2.87. The topological polar surface area (TPSA) is 124 Å². The molecule has 1 unspecified atom stereocenters. The summed E-state index contributed by atoms with van der Waals surface area (Å²) in [5.41, 5.74) is -0.803. The number of hydrogen-bond donors (Lipinski definition) is 2. The van der Waals surface area contributed by atoms with Crippen LogP contribution < -0.4 is 0 Å². The van der Waals surface area contributed by atoms with E-state index in [0.29, 0.717) is 23.2 Å². The van der Waals surface area contributed by atoms with Gasteiger partial charge in [0.05, 0.1) is 21.3 Å². The molecule has 2 rings (SSSR count). The predicted molar refractivity (Wildman–Crippen MR) is 151 cm³/mol. The molecule has 0 bridgehead atoms. The minimum atomic E-state index is -1.97. The summed E-state index contributed by atoms with van der Waals surface area (Å²) in [7, 11) is -0.699. The van der Waals surface area contributed by atoms with Crippen LogP contribution in [0.1, 0.15) is 57.8 Å². The van der Waals surface area contributed by atoms with Crippen molar-refractivity contribution >= 4 is 40.5 Å². The highest BCUT2D eigenvalue weighted by Crippen LogP contribution is 2.27. The number of aromatic hydroxyl groups is 1. The lowest BCUT2D eigenvalue weighted by Crippen LogP contribution is -2.39. The Balaban J connectivity index is 2.15. The number of carbonyl (C=O) groups excluding carboxylic acids is 3. The number of thioether (sulfide) groups is 1. The van der Waals surface area contributed by atoms with E-state index < -0.39 is 46.1 Å². The van der Waals surface area contributed by atoms with Crippen molar-refractivity contribution in [3.8, 4) is 5.75 Å². The molecule has 0 saturated heterocycles. The number of ether oxygens (including phenoxy) is 1. The number of benzene rings is 2. The fraction of sp³-hybridized carbons (Fsp3) is 0.464. The van der Waals surface area contributed by atoms with Crippen molar-refractivity contribution in [2.75, 3.05) is 18.7 Å². The van der Waals surface area contributed by atoms with Crippen molar-refractivity contribution in [2.45, 2.75) is 62.9 Å². The molecule has 2 aromatic carbocycles. The van der Waals surface area contributed by atoms with Gasteiger partial charge in [-0.05, 0) is 69.5 Å². The van der Waals surface area contributed by atoms with Crippen molar-refractivity contribution in [2.24, 2.45) is 11.8 Å². The second-order valence-corrected chi connectivity index (χ2v) is 13.0. The molecule has 2 N–H and O–H groups in total. The molecule has 9 nitrogen and oxygen atoms in total. The summed E-state index contributed by atoms with van der Waals surface area (Å²) in [5.74, 6) is -1.48. The Kier molecular flexibility index (Phi) is 12.0. The molecular formula is C28H38N2O7S2. The van der Waals surface area contributed by atoms with Gasteiger partial charge in [0.1, 0.15) is 17.2 Å².